The highest BCUT2D eigenvalue weighted by molar-refractivity contribution is 8.20. The zero-order valence-corrected chi connectivity index (χ0v) is 9.74. The Bertz CT molecular complexity index is 299. The van der Waals surface area contributed by atoms with Crippen molar-refractivity contribution in [2.75, 3.05) is 11.5 Å². The molecule has 0 aromatic heterocycles. The van der Waals surface area contributed by atoms with Gasteiger partial charge in [-0.3, -0.25) is 0 Å². The lowest BCUT2D eigenvalue weighted by molar-refractivity contribution is 0.907. The molecule has 14 heavy (non-hydrogen) atoms. The third-order valence-corrected chi connectivity index (χ3v) is 5.90. The molecule has 0 radical (unpaired) electrons. The summed E-state index contributed by atoms with van der Waals surface area (Å²) < 4.78 is 0.253. The molecular weight excluding hydrogens is 208 g/mol. The van der Waals surface area contributed by atoms with E-state index in [2.05, 4.69) is 60.4 Å². The zero-order chi connectivity index (χ0) is 9.86. The number of rotatable bonds is 3. The second-order valence-corrected chi connectivity index (χ2v) is 6.35. The first-order chi connectivity index (χ1) is 6.87. The molecule has 1 aromatic carbocycles. The maximum Gasteiger partial charge on any atom is 0.0894 e. The minimum atomic E-state index is 0.253. The smallest absolute Gasteiger partial charge is 0.0894 e. The highest BCUT2D eigenvalue weighted by atomic mass is 32.2. The Hall–Kier alpha value is -0.340. The van der Waals surface area contributed by atoms with E-state index in [0.717, 1.165) is 6.42 Å². The zero-order valence-electron chi connectivity index (χ0n) is 8.11. The van der Waals surface area contributed by atoms with Gasteiger partial charge in [0.15, 0.2) is 0 Å². The van der Waals surface area contributed by atoms with Crippen molar-refractivity contribution >= 4 is 23.5 Å². The van der Waals surface area contributed by atoms with Crippen molar-refractivity contribution in [2.45, 2.75) is 10.5 Å². The number of hydrogen-bond acceptors (Lipinski definition) is 2. The number of allylic oxidation sites excluding steroid dienone is 1. The molecule has 2 heteroatoms. The van der Waals surface area contributed by atoms with Gasteiger partial charge < -0.3 is 0 Å². The molecule has 1 aromatic rings. The lowest BCUT2D eigenvalue weighted by Crippen LogP contribution is -2.12. The second kappa shape index (κ2) is 4.45. The largest absolute Gasteiger partial charge is 0.138 e. The molecule has 1 fully saturated rings. The molecule has 1 aliphatic heterocycles. The van der Waals surface area contributed by atoms with Crippen LogP contribution >= 0.6 is 23.5 Å². The SMILES string of the molecule is C=CCC1(c2ccccc2)SCCS1. The van der Waals surface area contributed by atoms with Crippen molar-refractivity contribution in [3.05, 3.63) is 48.6 Å². The van der Waals surface area contributed by atoms with Crippen LogP contribution < -0.4 is 0 Å². The van der Waals surface area contributed by atoms with Crippen LogP contribution in [0.25, 0.3) is 0 Å². The molecule has 0 atom stereocenters. The van der Waals surface area contributed by atoms with Gasteiger partial charge in [-0.1, -0.05) is 36.4 Å². The molecule has 0 unspecified atom stereocenters. The predicted octanol–water partition coefficient (Wildman–Crippen LogP) is 3.90. The lowest BCUT2D eigenvalue weighted by Gasteiger charge is -2.26. The van der Waals surface area contributed by atoms with E-state index in [-0.39, 0.29) is 4.08 Å². The molecule has 74 valence electrons. The molecule has 0 nitrogen and oxygen atoms in total. The van der Waals surface area contributed by atoms with E-state index in [1.54, 1.807) is 0 Å². The minimum absolute atomic E-state index is 0.253. The number of thioether (sulfide) groups is 2. The lowest BCUT2D eigenvalue weighted by atomic mass is 10.1. The summed E-state index contributed by atoms with van der Waals surface area (Å²) in [6.07, 6.45) is 3.10. The van der Waals surface area contributed by atoms with Crippen LogP contribution in [0.4, 0.5) is 0 Å². The topological polar surface area (TPSA) is 0 Å². The average molecular weight is 222 g/mol. The van der Waals surface area contributed by atoms with Crippen molar-refractivity contribution in [3.63, 3.8) is 0 Å². The van der Waals surface area contributed by atoms with Crippen molar-refractivity contribution in [1.29, 1.82) is 0 Å². The molecule has 0 bridgehead atoms. The van der Waals surface area contributed by atoms with E-state index in [4.69, 9.17) is 0 Å². The van der Waals surface area contributed by atoms with Gasteiger partial charge in [-0.15, -0.1) is 30.1 Å². The summed E-state index contributed by atoms with van der Waals surface area (Å²) in [7, 11) is 0. The van der Waals surface area contributed by atoms with Gasteiger partial charge in [0.25, 0.3) is 0 Å². The van der Waals surface area contributed by atoms with Crippen LogP contribution in [0, 0.1) is 0 Å². The van der Waals surface area contributed by atoms with Gasteiger partial charge in [0.05, 0.1) is 4.08 Å². The van der Waals surface area contributed by atoms with E-state index in [1.165, 1.54) is 17.1 Å². The Morgan fingerprint density at radius 2 is 1.86 bits per heavy atom. The standard InChI is InChI=1S/C12H14S2/c1-2-8-12(13-9-10-14-12)11-6-4-3-5-7-11/h2-7H,1,8-10H2. The molecule has 0 spiro atoms. The Balaban J connectivity index is 2.31. The monoisotopic (exact) mass is 222 g/mol. The Morgan fingerprint density at radius 1 is 1.21 bits per heavy atom. The van der Waals surface area contributed by atoms with Gasteiger partial charge in [0.2, 0.25) is 0 Å². The van der Waals surface area contributed by atoms with E-state index in [1.807, 2.05) is 6.08 Å². The van der Waals surface area contributed by atoms with Gasteiger partial charge in [-0.25, -0.2) is 0 Å². The normalized spacial score (nSPS) is 19.4. The fourth-order valence-corrected chi connectivity index (χ4v) is 4.98. The highest BCUT2D eigenvalue weighted by Gasteiger charge is 2.35. The molecule has 1 heterocycles. The van der Waals surface area contributed by atoms with Crippen LogP contribution in [0.2, 0.25) is 0 Å². The third kappa shape index (κ3) is 1.86. The first kappa shape index (κ1) is 10.2. The Kier molecular flexibility index (Phi) is 3.24. The molecule has 0 amide bonds. The van der Waals surface area contributed by atoms with Gasteiger partial charge >= 0.3 is 0 Å². The second-order valence-electron chi connectivity index (χ2n) is 3.31. The Morgan fingerprint density at radius 3 is 2.43 bits per heavy atom. The van der Waals surface area contributed by atoms with Crippen molar-refractivity contribution < 1.29 is 0 Å². The minimum Gasteiger partial charge on any atom is -0.138 e. The quantitative estimate of drug-likeness (QED) is 0.712. The molecule has 0 N–H and O–H groups in total. The van der Waals surface area contributed by atoms with Gasteiger partial charge in [0, 0.05) is 11.5 Å². The summed E-state index contributed by atoms with van der Waals surface area (Å²) in [4.78, 5) is 0. The van der Waals surface area contributed by atoms with Crippen molar-refractivity contribution in [1.82, 2.24) is 0 Å². The van der Waals surface area contributed by atoms with Gasteiger partial charge in [-0.2, -0.15) is 0 Å². The van der Waals surface area contributed by atoms with Crippen LogP contribution in [-0.4, -0.2) is 11.5 Å². The molecule has 1 saturated heterocycles. The molecule has 2 rings (SSSR count). The van der Waals surface area contributed by atoms with Crippen LogP contribution in [0.1, 0.15) is 12.0 Å². The number of hydrogen-bond donors (Lipinski definition) is 0. The summed E-state index contributed by atoms with van der Waals surface area (Å²) in [6.45, 7) is 3.87. The van der Waals surface area contributed by atoms with Crippen LogP contribution in [0.15, 0.2) is 43.0 Å². The van der Waals surface area contributed by atoms with Crippen LogP contribution in [0.5, 0.6) is 0 Å². The van der Waals surface area contributed by atoms with E-state index < -0.39 is 0 Å². The van der Waals surface area contributed by atoms with E-state index in [9.17, 15) is 0 Å². The van der Waals surface area contributed by atoms with E-state index >= 15 is 0 Å². The fraction of sp³-hybridized carbons (Fsp3) is 0.333. The van der Waals surface area contributed by atoms with Crippen molar-refractivity contribution in [3.8, 4) is 0 Å². The van der Waals surface area contributed by atoms with Crippen LogP contribution in [0.3, 0.4) is 0 Å². The summed E-state index contributed by atoms with van der Waals surface area (Å²) in [5, 5.41) is 0. The van der Waals surface area contributed by atoms with Crippen LogP contribution in [-0.2, 0) is 4.08 Å². The first-order valence-corrected chi connectivity index (χ1v) is 6.79. The first-order valence-electron chi connectivity index (χ1n) is 4.82. The maximum absolute atomic E-state index is 3.87. The predicted molar refractivity (Wildman–Crippen MR) is 67.9 cm³/mol. The summed E-state index contributed by atoms with van der Waals surface area (Å²) >= 11 is 4.12. The van der Waals surface area contributed by atoms with Gasteiger partial charge in [-0.05, 0) is 12.0 Å². The molecule has 0 aliphatic carbocycles. The third-order valence-electron chi connectivity index (χ3n) is 2.38. The Labute approximate surface area is 94.2 Å². The van der Waals surface area contributed by atoms with Crippen molar-refractivity contribution in [2.24, 2.45) is 0 Å². The molecule has 0 saturated carbocycles. The molecular formula is C12H14S2. The maximum atomic E-state index is 3.87. The summed E-state index contributed by atoms with van der Waals surface area (Å²) in [5.74, 6) is 2.51. The van der Waals surface area contributed by atoms with Gasteiger partial charge in [0.1, 0.15) is 0 Å². The van der Waals surface area contributed by atoms with E-state index in [0.29, 0.717) is 0 Å². The average Bonchev–Trinajstić information content (AvgIpc) is 2.70. The number of benzene rings is 1. The summed E-state index contributed by atoms with van der Waals surface area (Å²) in [5.41, 5.74) is 1.44. The summed E-state index contributed by atoms with van der Waals surface area (Å²) in [6, 6.07) is 10.8. The molecule has 1 aliphatic rings. The fourth-order valence-electron chi connectivity index (χ4n) is 1.74. The highest BCUT2D eigenvalue weighted by Crippen LogP contribution is 2.54.